The van der Waals surface area contributed by atoms with Crippen LogP contribution in [0.2, 0.25) is 0 Å². The molecule has 5 aliphatic rings. The van der Waals surface area contributed by atoms with Gasteiger partial charge in [0.25, 0.3) is 0 Å². The molecule has 7 aromatic rings. The van der Waals surface area contributed by atoms with E-state index >= 15 is 4.39 Å². The minimum absolute atomic E-state index is 0. The van der Waals surface area contributed by atoms with Gasteiger partial charge in [0, 0.05) is 103 Å². The largest absolute Gasteiger partial charge is 1.00 e. The van der Waals surface area contributed by atoms with Crippen LogP contribution in [0.1, 0.15) is 106 Å². The predicted molar refractivity (Wildman–Crippen MR) is 391 cm³/mol. The van der Waals surface area contributed by atoms with Crippen LogP contribution in [0.4, 0.5) is 13.2 Å². The van der Waals surface area contributed by atoms with Gasteiger partial charge in [0.05, 0.1) is 38.1 Å². The normalized spacial score (nSPS) is 18.7. The Morgan fingerprint density at radius 2 is 1.08 bits per heavy atom. The van der Waals surface area contributed by atoms with Crippen LogP contribution in [-0.2, 0) is 73.1 Å². The first kappa shape index (κ1) is 87.8. The predicted octanol–water partition coefficient (Wildman–Crippen LogP) is 7.04. The van der Waals surface area contributed by atoms with Gasteiger partial charge in [-0.05, 0) is 92.4 Å². The second-order valence-electron chi connectivity index (χ2n) is 25.0. The zero-order chi connectivity index (χ0) is 72.9. The molecule has 7 aromatic carbocycles. The average molecular weight is 1450 g/mol. The second-order valence-corrected chi connectivity index (χ2v) is 25.0. The van der Waals surface area contributed by atoms with Crippen LogP contribution >= 0.6 is 12.4 Å². The first-order valence-corrected chi connectivity index (χ1v) is 33.8. The van der Waals surface area contributed by atoms with Crippen molar-refractivity contribution in [1.82, 2.24) is 9.80 Å². The molecule has 0 saturated carbocycles. The van der Waals surface area contributed by atoms with Crippen molar-refractivity contribution in [3.63, 3.8) is 0 Å². The molecule has 0 spiro atoms. The maximum atomic E-state index is 15.1. The minimum atomic E-state index is -1.27. The molecule has 28 heteroatoms. The number of hydrogen-bond donors (Lipinski definition) is 5. The van der Waals surface area contributed by atoms with Crippen molar-refractivity contribution in [2.24, 2.45) is 5.73 Å². The fourth-order valence-corrected chi connectivity index (χ4v) is 11.6. The van der Waals surface area contributed by atoms with Gasteiger partial charge in [-0.1, -0.05) is 135 Å². The molecule has 556 valence electrons. The molecule has 2 fully saturated rings. The molecule has 5 aliphatic heterocycles. The summed E-state index contributed by atoms with van der Waals surface area (Å²) in [5.74, 6) is -1.12. The van der Waals surface area contributed by atoms with Gasteiger partial charge in [0.2, 0.25) is 0 Å². The Hall–Kier alpha value is -5.87. The molecule has 2 saturated heterocycles. The van der Waals surface area contributed by atoms with Gasteiger partial charge in [0.15, 0.2) is 11.6 Å². The summed E-state index contributed by atoms with van der Waals surface area (Å²) in [6.07, 6.45) is -0.846. The molecule has 0 radical (unpaired) electrons. The molecule has 20 nitrogen and oxygen atoms in total. The third-order valence-corrected chi connectivity index (χ3v) is 16.4. The summed E-state index contributed by atoms with van der Waals surface area (Å²) in [5.41, 5.74) is 12.0. The number of nitrogens with zero attached hydrogens (tertiary/aromatic N) is 2. The van der Waals surface area contributed by atoms with E-state index in [0.29, 0.717) is 91.8 Å². The van der Waals surface area contributed by atoms with Gasteiger partial charge in [-0.25, -0.2) is 13.2 Å². The van der Waals surface area contributed by atoms with Gasteiger partial charge in [-0.3, -0.25) is 9.80 Å². The molecule has 0 aromatic heterocycles. The van der Waals surface area contributed by atoms with Crippen LogP contribution in [-0.4, -0.2) is 169 Å². The van der Waals surface area contributed by atoms with Crippen LogP contribution in [0.5, 0.6) is 17.2 Å². The summed E-state index contributed by atoms with van der Waals surface area (Å²) in [5, 5.41) is 37.9. The van der Waals surface area contributed by atoms with Crippen molar-refractivity contribution in [2.75, 3.05) is 87.7 Å². The number of halogens is 4. The van der Waals surface area contributed by atoms with E-state index in [9.17, 15) is 18.9 Å². The molecule has 6 atom stereocenters. The van der Waals surface area contributed by atoms with Crippen molar-refractivity contribution in [3.05, 3.63) is 227 Å². The van der Waals surface area contributed by atoms with Crippen LogP contribution in [0.25, 0.3) is 0 Å². The number of benzene rings is 7. The Balaban J connectivity index is 0.000000311. The fourth-order valence-electron chi connectivity index (χ4n) is 11.6. The number of rotatable bonds is 25. The first-order valence-electron chi connectivity index (χ1n) is 33.8. The molecule has 0 aliphatic carbocycles. The number of aliphatic hydroxyl groups excluding tert-OH is 3. The Morgan fingerprint density at radius 1 is 0.621 bits per heavy atom. The van der Waals surface area contributed by atoms with Crippen LogP contribution in [0, 0.1) is 24.4 Å². The van der Waals surface area contributed by atoms with E-state index < -0.39 is 69.2 Å². The molecule has 0 amide bonds. The number of fused-ring (bicyclic) bond motifs is 1. The van der Waals surface area contributed by atoms with E-state index in [1.165, 1.54) is 52.0 Å². The van der Waals surface area contributed by atoms with E-state index in [1.807, 2.05) is 100 Å². The molecule has 6 N–H and O–H groups in total. The summed E-state index contributed by atoms with van der Waals surface area (Å²) in [7, 11) is 3.02. The zero-order valence-corrected chi connectivity index (χ0v) is 61.5. The molecular weight excluding hydrogens is 1350 g/mol. The van der Waals surface area contributed by atoms with Gasteiger partial charge < -0.3 is 94.1 Å². The maximum Gasteiger partial charge on any atom is 1.00 e. The van der Waals surface area contributed by atoms with Crippen LogP contribution in [0.15, 0.2) is 164 Å². The van der Waals surface area contributed by atoms with Crippen molar-refractivity contribution < 1.29 is 115 Å². The third-order valence-electron chi connectivity index (χ3n) is 16.4. The summed E-state index contributed by atoms with van der Waals surface area (Å²) in [6, 6.07) is 50.7. The van der Waals surface area contributed by atoms with Gasteiger partial charge >= 0.3 is 40.4 Å². The number of nitrogens with two attached hydrogens (primary N) is 1. The van der Waals surface area contributed by atoms with E-state index in [1.54, 1.807) is 18.2 Å². The SMILES string of the molecule is CC1(C)OC[C@H](COc2ccc(F)c([C@H](O)CN(Cc3ccccc3)Cc3ccccc3)c2)O1.CC1(C)OC[C@H](COc2ccc(F)c3c2B(O)O[C@@H]3CN(Cc2ccccc2)Cc2ccccc2)O1.CO.COB(OC)OC.Cl.NC[C@H]1OB2O[C@H](CO)COc3ccc(F)c1c32.[CH2-]CCC.[HH].[Li+]. The Bertz CT molecular complexity index is 3450. The van der Waals surface area contributed by atoms with Crippen LogP contribution in [0.3, 0.4) is 0 Å². The molecule has 103 heavy (non-hydrogen) atoms. The quantitative estimate of drug-likeness (QED) is 0.0285. The van der Waals surface area contributed by atoms with Crippen molar-refractivity contribution in [1.29, 1.82) is 0 Å². The van der Waals surface area contributed by atoms with E-state index in [2.05, 4.69) is 86.1 Å². The van der Waals surface area contributed by atoms with E-state index in [-0.39, 0.29) is 89.2 Å². The number of hydrogen-bond acceptors (Lipinski definition) is 20. The number of ether oxygens (including phenoxy) is 7. The zero-order valence-electron chi connectivity index (χ0n) is 60.7. The molecule has 5 heterocycles. The Labute approximate surface area is 625 Å². The summed E-state index contributed by atoms with van der Waals surface area (Å²) < 4.78 is 115. The third kappa shape index (κ3) is 27.1. The van der Waals surface area contributed by atoms with Crippen molar-refractivity contribution >= 4 is 44.9 Å². The van der Waals surface area contributed by atoms with Crippen molar-refractivity contribution in [2.45, 2.75) is 122 Å². The fraction of sp³-hybridized carbons (Fsp3) is 0.427. The van der Waals surface area contributed by atoms with Gasteiger partial charge in [-0.15, -0.1) is 12.4 Å². The van der Waals surface area contributed by atoms with Crippen LogP contribution < -0.4 is 49.7 Å². The first-order chi connectivity index (χ1) is 48.8. The van der Waals surface area contributed by atoms with Crippen molar-refractivity contribution in [3.8, 4) is 17.2 Å². The average Bonchev–Trinajstić information content (AvgIpc) is 1.63. The smallest absolute Gasteiger partial charge is 0.491 e. The van der Waals surface area contributed by atoms with E-state index in [4.69, 9.17) is 63.1 Å². The Kier molecular flexibility index (Phi) is 38.3. The summed E-state index contributed by atoms with van der Waals surface area (Å²) >= 11 is 0. The maximum absolute atomic E-state index is 15.1. The molecule has 0 unspecified atom stereocenters. The second kappa shape index (κ2) is 44.9. The molecule has 12 rings (SSSR count). The van der Waals surface area contributed by atoms with E-state index in [0.717, 1.165) is 35.8 Å². The minimum Gasteiger partial charge on any atom is -0.491 e. The van der Waals surface area contributed by atoms with Gasteiger partial charge in [0.1, 0.15) is 72.8 Å². The number of aliphatic hydroxyl groups is 3. The summed E-state index contributed by atoms with van der Waals surface area (Å²) in [4.78, 5) is 4.32. The number of unbranched alkanes of at least 4 members (excludes halogenated alkanes) is 1. The summed E-state index contributed by atoms with van der Waals surface area (Å²) in [6.45, 7) is 18.0. The Morgan fingerprint density at radius 3 is 1.51 bits per heavy atom. The molecule has 0 bridgehead atoms. The topological polar surface area (TPSA) is 233 Å². The monoisotopic (exact) mass is 1450 g/mol. The standard InChI is InChI=1S/C28H31BFNO5.C28H32FNO4.C11H13BFNO4.C4H9.C3H9BO3.CH4O.ClH.Li.H2/c1-28(2)34-19-22(35-28)18-33-24-14-13-23(30)26-25(36-29(32)27(24)26)17-31(15-20-9-5-3-6-10-20)16-21-11-7-4-8-12-21;1-28(2)33-20-24(34-28)19-32-23-13-14-26(29)25(15-23)27(31)18-30(16-21-9-5-3-6-10-21)17-22-11-7-4-8-12-22;13-7-1-2-8-11-10(7)9(3-14)18-12(11)17-6(4-15)5-16-8;1-3-4-2;1-5-4(6-2)7-3;1-2;;;/h3-14,22,25,32H,15-19H2,1-2H3;3-15,24,27,31H,16-20H2,1-2H3;1-2,6,9,15H,3-5,14H2;1,3-4H2,2H3;1-3H3;2H,1H3;1H;;1H/q;;;-1;;;;+1;/t22-,25+;24-,27+;6-,9-;;;;;;/m001....../s1. The molecular formula is C75H101B3ClF3LiN3O17. The van der Waals surface area contributed by atoms with Gasteiger partial charge in [-0.2, -0.15) is 6.42 Å².